The summed E-state index contributed by atoms with van der Waals surface area (Å²) < 4.78 is 13.3. The van der Waals surface area contributed by atoms with Crippen LogP contribution in [-0.4, -0.2) is 11.5 Å². The number of nitrogens with zero attached hydrogens (tertiary/aromatic N) is 2. The molecular formula is C50H33N3O2. The zero-order chi connectivity index (χ0) is 36.5. The Hall–Kier alpha value is -7.24. The molecule has 11 rings (SSSR count). The monoisotopic (exact) mass is 707 g/mol. The van der Waals surface area contributed by atoms with E-state index in [1.807, 2.05) is 48.5 Å². The molecule has 0 saturated carbocycles. The third kappa shape index (κ3) is 5.01. The van der Waals surface area contributed by atoms with E-state index in [-0.39, 0.29) is 0 Å². The molecular weight excluding hydrogens is 675 g/mol. The van der Waals surface area contributed by atoms with Crippen LogP contribution in [0.4, 0.5) is 0 Å². The van der Waals surface area contributed by atoms with Gasteiger partial charge in [-0.3, -0.25) is 0 Å². The van der Waals surface area contributed by atoms with Gasteiger partial charge in [-0.15, -0.1) is 0 Å². The average molecular weight is 708 g/mol. The van der Waals surface area contributed by atoms with Gasteiger partial charge in [0.2, 0.25) is 0 Å². The van der Waals surface area contributed by atoms with E-state index in [0.29, 0.717) is 5.84 Å². The first-order valence-electron chi connectivity index (χ1n) is 18.7. The van der Waals surface area contributed by atoms with Crippen LogP contribution in [0.25, 0.3) is 82.6 Å². The van der Waals surface area contributed by atoms with Gasteiger partial charge < -0.3 is 14.7 Å². The van der Waals surface area contributed by atoms with Crippen LogP contribution in [0.1, 0.15) is 34.2 Å². The lowest BCUT2D eigenvalue weighted by atomic mass is 9.90. The summed E-state index contributed by atoms with van der Waals surface area (Å²) in [4.78, 5) is 5.31. The minimum absolute atomic E-state index is 0.407. The predicted octanol–water partition coefficient (Wildman–Crippen LogP) is 12.6. The van der Waals surface area contributed by atoms with Gasteiger partial charge in [-0.25, -0.2) is 4.99 Å². The Morgan fingerprint density at radius 1 is 0.545 bits per heavy atom. The van der Waals surface area contributed by atoms with Gasteiger partial charge >= 0.3 is 0 Å². The van der Waals surface area contributed by atoms with E-state index in [1.165, 1.54) is 21.9 Å². The second-order valence-electron chi connectivity index (χ2n) is 14.2. The van der Waals surface area contributed by atoms with E-state index in [9.17, 15) is 0 Å². The molecule has 5 nitrogen and oxygen atoms in total. The number of hydrogen-bond donors (Lipinski definition) is 1. The van der Waals surface area contributed by atoms with Crippen LogP contribution in [0.15, 0.2) is 177 Å². The Morgan fingerprint density at radius 3 is 2.20 bits per heavy atom. The second-order valence-corrected chi connectivity index (χ2v) is 14.2. The van der Waals surface area contributed by atoms with Crippen LogP contribution in [0, 0.1) is 0 Å². The van der Waals surface area contributed by atoms with Crippen molar-refractivity contribution in [2.45, 2.75) is 12.8 Å². The molecule has 2 heterocycles. The predicted molar refractivity (Wildman–Crippen MR) is 228 cm³/mol. The topological polar surface area (TPSA) is 77.0 Å². The van der Waals surface area contributed by atoms with Gasteiger partial charge in [-0.05, 0) is 81.4 Å². The maximum Gasteiger partial charge on any atom is 0.180 e. The number of amidine groups is 1. The summed E-state index contributed by atoms with van der Waals surface area (Å²) in [6, 6.07) is 52.6. The molecule has 0 spiro atoms. The van der Waals surface area contributed by atoms with Gasteiger partial charge in [0.05, 0.1) is 5.71 Å². The van der Waals surface area contributed by atoms with Crippen molar-refractivity contribution in [1.29, 1.82) is 0 Å². The molecule has 0 atom stereocenters. The number of hydrazone groups is 1. The molecule has 10 aromatic rings. The number of para-hydroxylation sites is 1. The van der Waals surface area contributed by atoms with Crippen molar-refractivity contribution < 1.29 is 8.83 Å². The Morgan fingerprint density at radius 2 is 1.33 bits per heavy atom. The summed E-state index contributed by atoms with van der Waals surface area (Å²) in [6.07, 6.45) is 6.67. The molecule has 1 aliphatic rings. The number of aliphatic imine (C=N–C) groups is 1. The highest BCUT2D eigenvalue weighted by molar-refractivity contribution is 6.27. The number of allylic oxidation sites excluding steroid dienone is 1. The molecule has 1 aliphatic carbocycles. The van der Waals surface area contributed by atoms with Gasteiger partial charge in [0.15, 0.2) is 5.84 Å². The highest BCUT2D eigenvalue weighted by Crippen LogP contribution is 2.43. The molecule has 55 heavy (non-hydrogen) atoms. The summed E-state index contributed by atoms with van der Waals surface area (Å²) >= 11 is 0. The molecule has 2 N–H and O–H groups in total. The number of benzene rings is 8. The van der Waals surface area contributed by atoms with Crippen molar-refractivity contribution in [3.05, 3.63) is 186 Å². The third-order valence-corrected chi connectivity index (χ3v) is 11.1. The number of rotatable bonds is 4. The SMILES string of the molecule is N/N=C(\N=C(\c1ccccc1)c1ccc2c3c(ccc2c1)CCC=C3)c1cccc2oc3cccc(-c4cccc5c4oc4cc6ccccc6cc45)c3c12. The summed E-state index contributed by atoms with van der Waals surface area (Å²) in [5.41, 5.74) is 11.4. The fourth-order valence-electron chi connectivity index (χ4n) is 8.53. The molecule has 0 aliphatic heterocycles. The van der Waals surface area contributed by atoms with Crippen LogP contribution in [0.2, 0.25) is 0 Å². The van der Waals surface area contributed by atoms with E-state index in [2.05, 4.69) is 120 Å². The fraction of sp³-hybridized carbons (Fsp3) is 0.0400. The summed E-state index contributed by atoms with van der Waals surface area (Å²) in [7, 11) is 0. The minimum atomic E-state index is 0.407. The first-order chi connectivity index (χ1) is 27.2. The van der Waals surface area contributed by atoms with Crippen molar-refractivity contribution >= 4 is 83.0 Å². The molecule has 2 aromatic heterocycles. The van der Waals surface area contributed by atoms with Crippen LogP contribution >= 0.6 is 0 Å². The summed E-state index contributed by atoms with van der Waals surface area (Å²) in [5.74, 6) is 6.72. The van der Waals surface area contributed by atoms with Gasteiger partial charge in [0.25, 0.3) is 0 Å². The molecule has 0 saturated heterocycles. The van der Waals surface area contributed by atoms with Crippen molar-refractivity contribution in [2.24, 2.45) is 15.9 Å². The molecule has 0 unspecified atom stereocenters. The lowest BCUT2D eigenvalue weighted by Crippen LogP contribution is -2.10. The van der Waals surface area contributed by atoms with Crippen molar-refractivity contribution in [2.75, 3.05) is 0 Å². The van der Waals surface area contributed by atoms with Crippen molar-refractivity contribution in [3.63, 3.8) is 0 Å². The molecule has 0 bridgehead atoms. The second kappa shape index (κ2) is 12.4. The standard InChI is InChI=1S/C50H33N3O2/c51-53-50(52-48(31-12-2-1-3-13-31)35-25-26-37-34(27-35)24-23-30-11-6-7-16-36(30)37)41-20-10-22-44-47(41)46-38(17-9-21-43(46)54-44)39-18-8-19-40-42-28-32-14-4-5-15-33(32)29-45(42)55-49(39)40/h1-5,7-10,12-29H,6,11,51H2/b52-48-,53-50-. The van der Waals surface area contributed by atoms with Gasteiger partial charge in [0, 0.05) is 43.8 Å². The Labute approximate surface area is 316 Å². The molecule has 5 heteroatoms. The number of aryl methyl sites for hydroxylation is 1. The molecule has 0 amide bonds. The van der Waals surface area contributed by atoms with Gasteiger partial charge in [-0.1, -0.05) is 133 Å². The molecule has 0 radical (unpaired) electrons. The van der Waals surface area contributed by atoms with Gasteiger partial charge in [-0.2, -0.15) is 5.10 Å². The van der Waals surface area contributed by atoms with E-state index >= 15 is 0 Å². The number of furan rings is 2. The molecule has 0 fully saturated rings. The third-order valence-electron chi connectivity index (χ3n) is 11.1. The number of hydrogen-bond acceptors (Lipinski definition) is 4. The van der Waals surface area contributed by atoms with Crippen LogP contribution in [0.5, 0.6) is 0 Å². The zero-order valence-corrected chi connectivity index (χ0v) is 29.8. The van der Waals surface area contributed by atoms with Crippen LogP contribution < -0.4 is 5.84 Å². The maximum atomic E-state index is 6.69. The lowest BCUT2D eigenvalue weighted by Gasteiger charge is -2.15. The largest absolute Gasteiger partial charge is 0.456 e. The number of fused-ring (bicyclic) bond motifs is 10. The average Bonchev–Trinajstić information content (AvgIpc) is 3.81. The summed E-state index contributed by atoms with van der Waals surface area (Å²) in [5, 5.41) is 13.1. The quantitative estimate of drug-likeness (QED) is 0.0856. The van der Waals surface area contributed by atoms with Crippen molar-refractivity contribution in [1.82, 2.24) is 0 Å². The van der Waals surface area contributed by atoms with E-state index in [0.717, 1.165) is 101 Å². The van der Waals surface area contributed by atoms with Crippen molar-refractivity contribution in [3.8, 4) is 11.1 Å². The Kier molecular flexibility index (Phi) is 7.07. The van der Waals surface area contributed by atoms with E-state index < -0.39 is 0 Å². The lowest BCUT2D eigenvalue weighted by molar-refractivity contribution is 0.669. The van der Waals surface area contributed by atoms with Gasteiger partial charge in [0.1, 0.15) is 22.3 Å². The Bertz CT molecular complexity index is 3270. The number of nitrogens with two attached hydrogens (primary N) is 1. The normalized spacial score (nSPS) is 13.5. The highest BCUT2D eigenvalue weighted by Gasteiger charge is 2.22. The summed E-state index contributed by atoms with van der Waals surface area (Å²) in [6.45, 7) is 0. The minimum Gasteiger partial charge on any atom is -0.456 e. The fourth-order valence-corrected chi connectivity index (χ4v) is 8.53. The molecule has 8 aromatic carbocycles. The van der Waals surface area contributed by atoms with Crippen LogP contribution in [-0.2, 0) is 6.42 Å². The zero-order valence-electron chi connectivity index (χ0n) is 29.8. The first kappa shape index (κ1) is 31.3. The Balaban J connectivity index is 1.12. The smallest absolute Gasteiger partial charge is 0.180 e. The highest BCUT2D eigenvalue weighted by atomic mass is 16.3. The van der Waals surface area contributed by atoms with E-state index in [4.69, 9.17) is 19.7 Å². The first-order valence-corrected chi connectivity index (χ1v) is 18.7. The van der Waals surface area contributed by atoms with Crippen LogP contribution in [0.3, 0.4) is 0 Å². The maximum absolute atomic E-state index is 6.69. The molecule has 260 valence electrons. The van der Waals surface area contributed by atoms with E-state index in [1.54, 1.807) is 0 Å².